The van der Waals surface area contributed by atoms with Gasteiger partial charge in [-0.15, -0.1) is 0 Å². The maximum atomic E-state index is 16.1. The molecule has 0 saturated heterocycles. The number of carbonyl (C=O) groups excluding carboxylic acids is 3. The second-order valence-corrected chi connectivity index (χ2v) is 12.6. The number of fused-ring (bicyclic) bond motifs is 2. The Labute approximate surface area is 267 Å². The number of ether oxygens (including phenoxy) is 1. The Balaban J connectivity index is 1.56. The summed E-state index contributed by atoms with van der Waals surface area (Å²) in [5.41, 5.74) is 9.71. The molecule has 0 aliphatic heterocycles. The summed E-state index contributed by atoms with van der Waals surface area (Å²) in [5, 5.41) is 13.5. The van der Waals surface area contributed by atoms with Gasteiger partial charge in [-0.2, -0.15) is 0 Å². The molecule has 3 amide bonds. The molecular formula is C36H39F2N3O5. The first-order valence-electron chi connectivity index (χ1n) is 15.4. The van der Waals surface area contributed by atoms with Gasteiger partial charge in [-0.25, -0.2) is 13.6 Å². The molecule has 0 spiro atoms. The van der Waals surface area contributed by atoms with Crippen molar-refractivity contribution >= 4 is 34.9 Å². The van der Waals surface area contributed by atoms with Gasteiger partial charge in [-0.1, -0.05) is 30.7 Å². The molecule has 3 aromatic carbocycles. The first kappa shape index (κ1) is 32.8. The zero-order valence-corrected chi connectivity index (χ0v) is 26.7. The molecule has 0 saturated carbocycles. The maximum absolute atomic E-state index is 16.1. The van der Waals surface area contributed by atoms with Crippen molar-refractivity contribution in [2.24, 2.45) is 11.7 Å². The van der Waals surface area contributed by atoms with Gasteiger partial charge in [-0.05, 0) is 111 Å². The Hall–Kier alpha value is -4.57. The average molecular weight is 632 g/mol. The number of hydrogen-bond donors (Lipinski definition) is 3. The van der Waals surface area contributed by atoms with E-state index in [0.717, 1.165) is 22.1 Å². The summed E-state index contributed by atoms with van der Waals surface area (Å²) >= 11 is 0. The summed E-state index contributed by atoms with van der Waals surface area (Å²) < 4.78 is 36.3. The number of hydrogen-bond acceptors (Lipinski definition) is 5. The highest BCUT2D eigenvalue weighted by molar-refractivity contribution is 6.11. The van der Waals surface area contributed by atoms with Gasteiger partial charge in [-0.3, -0.25) is 14.5 Å². The van der Waals surface area contributed by atoms with Gasteiger partial charge in [0, 0.05) is 23.9 Å². The topological polar surface area (TPSA) is 122 Å². The number of amides is 3. The highest BCUT2D eigenvalue weighted by Crippen LogP contribution is 2.51. The van der Waals surface area contributed by atoms with Crippen LogP contribution in [0.25, 0.3) is 16.7 Å². The molecule has 5 rings (SSSR count). The maximum Gasteiger partial charge on any atom is 0.414 e. The molecule has 2 aliphatic carbocycles. The fraction of sp³-hybridized carbons (Fsp3) is 0.361. The third-order valence-electron chi connectivity index (χ3n) is 9.13. The van der Waals surface area contributed by atoms with Crippen LogP contribution < -0.4 is 16.0 Å². The van der Waals surface area contributed by atoms with Crippen molar-refractivity contribution in [2.45, 2.75) is 65.4 Å². The molecule has 0 aromatic heterocycles. The Kier molecular flexibility index (Phi) is 9.04. The summed E-state index contributed by atoms with van der Waals surface area (Å²) in [7, 11) is 1.33. The van der Waals surface area contributed by atoms with E-state index in [1.165, 1.54) is 25.2 Å². The van der Waals surface area contributed by atoms with Crippen molar-refractivity contribution in [3.8, 4) is 11.1 Å². The lowest BCUT2D eigenvalue weighted by atomic mass is 9.75. The van der Waals surface area contributed by atoms with E-state index in [1.807, 2.05) is 6.92 Å². The highest BCUT2D eigenvalue weighted by atomic mass is 19.1. The Morgan fingerprint density at radius 1 is 1.09 bits per heavy atom. The van der Waals surface area contributed by atoms with Crippen molar-refractivity contribution in [1.82, 2.24) is 0 Å². The van der Waals surface area contributed by atoms with Crippen LogP contribution in [-0.2, 0) is 11.2 Å². The van der Waals surface area contributed by atoms with Gasteiger partial charge in [0.1, 0.15) is 11.6 Å². The molecule has 242 valence electrons. The van der Waals surface area contributed by atoms with Crippen molar-refractivity contribution in [3.63, 3.8) is 0 Å². The van der Waals surface area contributed by atoms with Crippen molar-refractivity contribution in [3.05, 3.63) is 87.5 Å². The monoisotopic (exact) mass is 631 g/mol. The van der Waals surface area contributed by atoms with E-state index in [9.17, 15) is 19.5 Å². The average Bonchev–Trinajstić information content (AvgIpc) is 3.38. The Morgan fingerprint density at radius 3 is 2.48 bits per heavy atom. The molecule has 8 nitrogen and oxygen atoms in total. The predicted octanol–water partition coefficient (Wildman–Crippen LogP) is 7.15. The highest BCUT2D eigenvalue weighted by Gasteiger charge is 2.38. The largest absolute Gasteiger partial charge is 0.449 e. The number of primary amides is 1. The number of allylic oxidation sites excluding steroid dienone is 2. The molecule has 4 N–H and O–H groups in total. The quantitative estimate of drug-likeness (QED) is 0.244. The number of benzene rings is 3. The number of carbonyl (C=O) groups is 3. The molecule has 0 bridgehead atoms. The van der Waals surface area contributed by atoms with Crippen LogP contribution >= 0.6 is 0 Å². The van der Waals surface area contributed by atoms with Crippen molar-refractivity contribution in [1.29, 1.82) is 0 Å². The lowest BCUT2D eigenvalue weighted by Crippen LogP contribution is -2.32. The summed E-state index contributed by atoms with van der Waals surface area (Å²) in [4.78, 5) is 39.5. The van der Waals surface area contributed by atoms with Crippen LogP contribution in [0.15, 0.2) is 48.0 Å². The molecule has 46 heavy (non-hydrogen) atoms. The molecule has 1 atom stereocenters. The molecule has 3 aromatic rings. The van der Waals surface area contributed by atoms with Gasteiger partial charge in [0.25, 0.3) is 5.91 Å². The van der Waals surface area contributed by atoms with E-state index in [0.29, 0.717) is 65.6 Å². The van der Waals surface area contributed by atoms with Crippen LogP contribution in [-0.4, -0.2) is 42.3 Å². The molecular weight excluding hydrogens is 592 g/mol. The number of aliphatic hydroxyl groups is 1. The molecule has 2 aliphatic rings. The molecule has 0 unspecified atom stereocenters. The van der Waals surface area contributed by atoms with Gasteiger partial charge in [0.2, 0.25) is 5.91 Å². The van der Waals surface area contributed by atoms with Gasteiger partial charge in [0.15, 0.2) is 0 Å². The SMILES string of the molecule is CCCOC(=O)N(C)c1c(F)cccc1C(=O)Nc1cccc(-c2c(F)cc(C(N)=O)c3c2C2=C(C3)C[C@@H](C(C)(C)O)CC2)c1C. The number of anilines is 2. The number of halogens is 2. The summed E-state index contributed by atoms with van der Waals surface area (Å²) in [5.74, 6) is -2.75. The normalized spacial score (nSPS) is 15.7. The van der Waals surface area contributed by atoms with Crippen LogP contribution in [0.3, 0.4) is 0 Å². The van der Waals surface area contributed by atoms with Gasteiger partial charge < -0.3 is 20.9 Å². The van der Waals surface area contributed by atoms with Crippen LogP contribution in [0, 0.1) is 24.5 Å². The fourth-order valence-electron chi connectivity index (χ4n) is 6.65. The van der Waals surface area contributed by atoms with E-state index in [2.05, 4.69) is 5.32 Å². The molecule has 10 heteroatoms. The minimum absolute atomic E-state index is 0.0198. The number of nitrogens with two attached hydrogens (primary N) is 1. The van der Waals surface area contributed by atoms with Crippen LogP contribution in [0.5, 0.6) is 0 Å². The number of nitrogens with zero attached hydrogens (tertiary/aromatic N) is 1. The zero-order chi connectivity index (χ0) is 33.5. The van der Waals surface area contributed by atoms with E-state index in [4.69, 9.17) is 10.5 Å². The zero-order valence-electron chi connectivity index (χ0n) is 26.7. The number of para-hydroxylation sites is 1. The third-order valence-corrected chi connectivity index (χ3v) is 9.13. The Morgan fingerprint density at radius 2 is 1.80 bits per heavy atom. The standard InChI is InChI=1S/C36H39F2N3O5/c1-6-15-46-35(44)41(5)32-24(10-7-11-27(32)37)34(43)40-29-12-8-9-22(19(29)2)31-28(38)18-26(33(39)42)25-17-20-16-21(36(3,4)45)13-14-23(20)30(25)31/h7-12,18,21,45H,6,13-17H2,1-5H3,(H2,39,42)(H,40,43)/t21-/m0/s1. The summed E-state index contributed by atoms with van der Waals surface area (Å²) in [6.45, 7) is 7.30. The van der Waals surface area contributed by atoms with E-state index in [1.54, 1.807) is 39.0 Å². The Bertz CT molecular complexity index is 1780. The lowest BCUT2D eigenvalue weighted by molar-refractivity contribution is 0.0123. The van der Waals surface area contributed by atoms with Crippen LogP contribution in [0.4, 0.5) is 25.0 Å². The minimum Gasteiger partial charge on any atom is -0.449 e. The minimum atomic E-state index is -0.886. The predicted molar refractivity (Wildman–Crippen MR) is 174 cm³/mol. The lowest BCUT2D eigenvalue weighted by Gasteiger charge is -2.33. The second kappa shape index (κ2) is 12.7. The van der Waals surface area contributed by atoms with Gasteiger partial charge >= 0.3 is 6.09 Å². The number of rotatable bonds is 8. The van der Waals surface area contributed by atoms with Gasteiger partial charge in [0.05, 0.1) is 23.5 Å². The van der Waals surface area contributed by atoms with Crippen LogP contribution in [0.1, 0.15) is 83.9 Å². The molecule has 0 radical (unpaired) electrons. The fourth-order valence-corrected chi connectivity index (χ4v) is 6.65. The summed E-state index contributed by atoms with van der Waals surface area (Å²) in [6, 6.07) is 10.2. The first-order chi connectivity index (χ1) is 21.7. The smallest absolute Gasteiger partial charge is 0.414 e. The molecule has 0 heterocycles. The van der Waals surface area contributed by atoms with E-state index >= 15 is 8.78 Å². The van der Waals surface area contributed by atoms with Crippen molar-refractivity contribution < 1.29 is 33.0 Å². The third kappa shape index (κ3) is 6.01. The number of nitrogens with one attached hydrogen (secondary N) is 1. The van der Waals surface area contributed by atoms with Crippen LogP contribution in [0.2, 0.25) is 0 Å². The van der Waals surface area contributed by atoms with Crippen molar-refractivity contribution in [2.75, 3.05) is 23.9 Å². The van der Waals surface area contributed by atoms with E-state index < -0.39 is 35.1 Å². The second-order valence-electron chi connectivity index (χ2n) is 12.6. The van der Waals surface area contributed by atoms with E-state index in [-0.39, 0.29) is 29.3 Å². The first-order valence-corrected chi connectivity index (χ1v) is 15.4. The summed E-state index contributed by atoms with van der Waals surface area (Å²) in [6.07, 6.45) is 2.16. The molecule has 0 fully saturated rings.